The molecule has 0 unspecified atom stereocenters. The summed E-state index contributed by atoms with van der Waals surface area (Å²) in [6.07, 6.45) is 4.18. The Morgan fingerprint density at radius 3 is 2.53 bits per heavy atom. The van der Waals surface area contributed by atoms with Gasteiger partial charge in [-0.1, -0.05) is 0 Å². The smallest absolute Gasteiger partial charge is 0.324 e. The van der Waals surface area contributed by atoms with Gasteiger partial charge in [0, 0.05) is 6.54 Å². The number of carboxylic acids is 1. The lowest BCUT2D eigenvalue weighted by Gasteiger charge is -2.40. The number of carbonyl (C=O) groups is 1. The number of aliphatic carboxylic acids is 1. The van der Waals surface area contributed by atoms with Gasteiger partial charge in [-0.15, -0.1) is 0 Å². The summed E-state index contributed by atoms with van der Waals surface area (Å²) in [6, 6.07) is 0. The SMILES string of the molecule is CN(CC1CC1)C1(C(=O)O)CCSCC1. The van der Waals surface area contributed by atoms with Crippen LogP contribution >= 0.6 is 11.8 Å². The first-order valence-corrected chi connectivity index (χ1v) is 6.83. The van der Waals surface area contributed by atoms with Crippen LogP contribution in [0.15, 0.2) is 0 Å². The maximum Gasteiger partial charge on any atom is 0.324 e. The van der Waals surface area contributed by atoms with Crippen LogP contribution < -0.4 is 0 Å². The van der Waals surface area contributed by atoms with Gasteiger partial charge in [0.15, 0.2) is 0 Å². The fraction of sp³-hybridized carbons (Fsp3) is 0.909. The molecule has 0 aromatic rings. The Labute approximate surface area is 95.2 Å². The molecule has 0 spiro atoms. The zero-order valence-corrected chi connectivity index (χ0v) is 10.1. The molecule has 0 bridgehead atoms. The highest BCUT2D eigenvalue weighted by Crippen LogP contribution is 2.36. The van der Waals surface area contributed by atoms with Crippen LogP contribution in [-0.4, -0.2) is 46.6 Å². The zero-order chi connectivity index (χ0) is 10.9. The van der Waals surface area contributed by atoms with E-state index >= 15 is 0 Å². The molecule has 0 aromatic carbocycles. The van der Waals surface area contributed by atoms with Gasteiger partial charge in [0.05, 0.1) is 0 Å². The van der Waals surface area contributed by atoms with Crippen molar-refractivity contribution in [2.45, 2.75) is 31.2 Å². The summed E-state index contributed by atoms with van der Waals surface area (Å²) in [4.78, 5) is 13.6. The van der Waals surface area contributed by atoms with E-state index in [0.29, 0.717) is 0 Å². The van der Waals surface area contributed by atoms with Crippen molar-refractivity contribution in [1.82, 2.24) is 4.90 Å². The van der Waals surface area contributed by atoms with Crippen LogP contribution in [0.3, 0.4) is 0 Å². The molecule has 0 amide bonds. The molecule has 0 radical (unpaired) electrons. The third-order valence-corrected chi connectivity index (χ3v) is 4.66. The highest BCUT2D eigenvalue weighted by atomic mass is 32.2. The van der Waals surface area contributed by atoms with Crippen LogP contribution in [0.25, 0.3) is 0 Å². The summed E-state index contributed by atoms with van der Waals surface area (Å²) in [5, 5.41) is 9.44. The van der Waals surface area contributed by atoms with E-state index in [1.165, 1.54) is 12.8 Å². The van der Waals surface area contributed by atoms with Crippen LogP contribution in [0, 0.1) is 5.92 Å². The topological polar surface area (TPSA) is 40.5 Å². The van der Waals surface area contributed by atoms with E-state index in [-0.39, 0.29) is 0 Å². The normalized spacial score (nSPS) is 25.5. The first-order chi connectivity index (χ1) is 7.15. The number of likely N-dealkylation sites (N-methyl/N-ethyl adjacent to an activating group) is 1. The van der Waals surface area contributed by atoms with Crippen molar-refractivity contribution in [2.24, 2.45) is 5.92 Å². The summed E-state index contributed by atoms with van der Waals surface area (Å²) < 4.78 is 0. The second kappa shape index (κ2) is 4.34. The largest absolute Gasteiger partial charge is 0.480 e. The summed E-state index contributed by atoms with van der Waals surface area (Å²) in [7, 11) is 1.99. The molecule has 2 fully saturated rings. The lowest BCUT2D eigenvalue weighted by atomic mass is 9.90. The maximum atomic E-state index is 11.5. The lowest BCUT2D eigenvalue weighted by molar-refractivity contribution is -0.151. The van der Waals surface area contributed by atoms with E-state index in [1.807, 2.05) is 18.8 Å². The molecule has 0 aromatic heterocycles. The molecule has 2 rings (SSSR count). The molecule has 2 aliphatic rings. The Kier molecular flexibility index (Phi) is 3.26. The average molecular weight is 229 g/mol. The Bertz CT molecular complexity index is 247. The molecule has 1 aliphatic heterocycles. The standard InChI is InChI=1S/C11H19NO2S/c1-12(8-9-2-3-9)11(10(13)14)4-6-15-7-5-11/h9H,2-8H2,1H3,(H,13,14). The quantitative estimate of drug-likeness (QED) is 0.796. The third kappa shape index (κ3) is 2.31. The molecular weight excluding hydrogens is 210 g/mol. The van der Waals surface area contributed by atoms with Crippen molar-refractivity contribution in [1.29, 1.82) is 0 Å². The monoisotopic (exact) mass is 229 g/mol. The Morgan fingerprint density at radius 2 is 2.07 bits per heavy atom. The summed E-state index contributed by atoms with van der Waals surface area (Å²) >= 11 is 1.88. The molecule has 15 heavy (non-hydrogen) atoms. The maximum absolute atomic E-state index is 11.5. The number of thioether (sulfide) groups is 1. The van der Waals surface area contributed by atoms with E-state index in [0.717, 1.165) is 36.8 Å². The number of nitrogens with zero attached hydrogens (tertiary/aromatic N) is 1. The second-order valence-electron chi connectivity index (χ2n) is 4.77. The van der Waals surface area contributed by atoms with Crippen molar-refractivity contribution in [3.63, 3.8) is 0 Å². The van der Waals surface area contributed by atoms with E-state index in [2.05, 4.69) is 4.90 Å². The Morgan fingerprint density at radius 1 is 1.47 bits per heavy atom. The van der Waals surface area contributed by atoms with Crippen molar-refractivity contribution in [2.75, 3.05) is 25.1 Å². The number of carboxylic acid groups (broad SMARTS) is 1. The van der Waals surface area contributed by atoms with Gasteiger partial charge in [-0.2, -0.15) is 11.8 Å². The third-order valence-electron chi connectivity index (χ3n) is 3.68. The highest BCUT2D eigenvalue weighted by molar-refractivity contribution is 7.99. The minimum absolute atomic E-state index is 0.562. The van der Waals surface area contributed by atoms with Gasteiger partial charge in [-0.3, -0.25) is 9.69 Å². The van der Waals surface area contributed by atoms with Gasteiger partial charge in [0.25, 0.3) is 0 Å². The van der Waals surface area contributed by atoms with E-state index < -0.39 is 11.5 Å². The number of rotatable bonds is 4. The van der Waals surface area contributed by atoms with Crippen LogP contribution in [0.4, 0.5) is 0 Å². The van der Waals surface area contributed by atoms with Gasteiger partial charge in [0.1, 0.15) is 5.54 Å². The molecule has 4 heteroatoms. The second-order valence-corrected chi connectivity index (χ2v) is 6.00. The Hall–Kier alpha value is -0.220. The van der Waals surface area contributed by atoms with Crippen LogP contribution in [0.2, 0.25) is 0 Å². The van der Waals surface area contributed by atoms with Gasteiger partial charge in [-0.25, -0.2) is 0 Å². The first kappa shape index (κ1) is 11.3. The summed E-state index contributed by atoms with van der Waals surface area (Å²) in [5.74, 6) is 2.12. The van der Waals surface area contributed by atoms with E-state index in [1.54, 1.807) is 0 Å². The van der Waals surface area contributed by atoms with Gasteiger partial charge in [0.2, 0.25) is 0 Å². The summed E-state index contributed by atoms with van der Waals surface area (Å²) in [6.45, 7) is 0.969. The van der Waals surface area contributed by atoms with Crippen LogP contribution in [0.1, 0.15) is 25.7 Å². The molecule has 1 N–H and O–H groups in total. The van der Waals surface area contributed by atoms with Crippen molar-refractivity contribution >= 4 is 17.7 Å². The number of hydrogen-bond donors (Lipinski definition) is 1. The molecule has 1 saturated heterocycles. The molecule has 1 aliphatic carbocycles. The van der Waals surface area contributed by atoms with E-state index in [9.17, 15) is 9.90 Å². The van der Waals surface area contributed by atoms with Gasteiger partial charge >= 0.3 is 5.97 Å². The fourth-order valence-electron chi connectivity index (χ4n) is 2.33. The van der Waals surface area contributed by atoms with E-state index in [4.69, 9.17) is 0 Å². The van der Waals surface area contributed by atoms with Crippen molar-refractivity contribution in [3.05, 3.63) is 0 Å². The number of hydrogen-bond acceptors (Lipinski definition) is 3. The molecule has 0 atom stereocenters. The predicted octanol–water partition coefficient (Wildman–Crippen LogP) is 1.68. The fourth-order valence-corrected chi connectivity index (χ4v) is 3.50. The molecule has 3 nitrogen and oxygen atoms in total. The van der Waals surface area contributed by atoms with Gasteiger partial charge in [-0.05, 0) is 50.2 Å². The molecular formula is C11H19NO2S. The van der Waals surface area contributed by atoms with Crippen LogP contribution in [-0.2, 0) is 4.79 Å². The zero-order valence-electron chi connectivity index (χ0n) is 9.24. The highest BCUT2D eigenvalue weighted by Gasteiger charge is 2.44. The predicted molar refractivity (Wildman–Crippen MR) is 62.3 cm³/mol. The average Bonchev–Trinajstić information content (AvgIpc) is 3.02. The molecule has 1 saturated carbocycles. The van der Waals surface area contributed by atoms with Crippen molar-refractivity contribution in [3.8, 4) is 0 Å². The van der Waals surface area contributed by atoms with Crippen LogP contribution in [0.5, 0.6) is 0 Å². The molecule has 86 valence electrons. The van der Waals surface area contributed by atoms with Gasteiger partial charge < -0.3 is 5.11 Å². The Balaban J connectivity index is 2.04. The minimum atomic E-state index is -0.619. The lowest BCUT2D eigenvalue weighted by Crippen LogP contribution is -2.55. The molecule has 1 heterocycles. The van der Waals surface area contributed by atoms with Crippen molar-refractivity contribution < 1.29 is 9.90 Å². The minimum Gasteiger partial charge on any atom is -0.480 e. The summed E-state index contributed by atoms with van der Waals surface area (Å²) in [5.41, 5.74) is -0.562. The first-order valence-electron chi connectivity index (χ1n) is 5.67.